The van der Waals surface area contributed by atoms with Crippen LogP contribution in [0.1, 0.15) is 22.3 Å². The lowest BCUT2D eigenvalue weighted by Crippen LogP contribution is -2.20. The quantitative estimate of drug-likeness (QED) is 0.652. The van der Waals surface area contributed by atoms with Crippen LogP contribution in [0.3, 0.4) is 0 Å². The summed E-state index contributed by atoms with van der Waals surface area (Å²) in [5, 5.41) is 1.12. The highest BCUT2D eigenvalue weighted by molar-refractivity contribution is 5.84. The molecule has 0 saturated carbocycles. The number of aromatic nitrogens is 1. The Balaban J connectivity index is 2.50. The summed E-state index contributed by atoms with van der Waals surface area (Å²) in [6.07, 6.45) is 0. The zero-order chi connectivity index (χ0) is 15.1. The number of rotatable bonds is 1. The normalized spacial score (nSPS) is 11.0. The van der Waals surface area contributed by atoms with Crippen molar-refractivity contribution in [3.05, 3.63) is 75.1 Å². The fourth-order valence-corrected chi connectivity index (χ4v) is 3.20. The second-order valence-electron chi connectivity index (χ2n) is 5.77. The van der Waals surface area contributed by atoms with Gasteiger partial charge in [0.05, 0.1) is 11.2 Å². The zero-order valence-electron chi connectivity index (χ0n) is 12.9. The van der Waals surface area contributed by atoms with Gasteiger partial charge in [-0.1, -0.05) is 35.9 Å². The van der Waals surface area contributed by atoms with E-state index in [1.807, 2.05) is 29.7 Å². The molecule has 0 aliphatic rings. The largest absolute Gasteiger partial charge is 0.276 e. The van der Waals surface area contributed by atoms with Crippen LogP contribution in [0.4, 0.5) is 0 Å². The maximum Gasteiger partial charge on any atom is 0.255 e. The third-order valence-electron chi connectivity index (χ3n) is 3.99. The molecule has 0 fully saturated rings. The molecule has 21 heavy (non-hydrogen) atoms. The number of para-hydroxylation sites is 1. The standard InChI is InChI=1S/C19H19NO/c1-12-9-14(3)19(15(4)10-12)20-17-8-6-5-7-16(17)13(2)11-18(20)21/h5-11H,1-4H3. The van der Waals surface area contributed by atoms with E-state index in [9.17, 15) is 4.79 Å². The van der Waals surface area contributed by atoms with Gasteiger partial charge in [0.2, 0.25) is 0 Å². The molecule has 2 heteroatoms. The molecule has 0 spiro atoms. The molecule has 0 aliphatic carbocycles. The first-order valence-corrected chi connectivity index (χ1v) is 7.18. The first kappa shape index (κ1) is 13.6. The van der Waals surface area contributed by atoms with Crippen LogP contribution in [0.25, 0.3) is 16.6 Å². The predicted molar refractivity (Wildman–Crippen MR) is 88.5 cm³/mol. The Morgan fingerprint density at radius 3 is 2.10 bits per heavy atom. The molecule has 0 radical (unpaired) electrons. The van der Waals surface area contributed by atoms with Gasteiger partial charge in [-0.2, -0.15) is 0 Å². The highest BCUT2D eigenvalue weighted by Gasteiger charge is 2.12. The number of nitrogens with zero attached hydrogens (tertiary/aromatic N) is 1. The molecule has 106 valence electrons. The van der Waals surface area contributed by atoms with Gasteiger partial charge in [0.25, 0.3) is 5.56 Å². The third kappa shape index (κ3) is 2.17. The van der Waals surface area contributed by atoms with Crippen LogP contribution < -0.4 is 5.56 Å². The molecule has 0 unspecified atom stereocenters. The van der Waals surface area contributed by atoms with E-state index in [1.54, 1.807) is 6.07 Å². The molecule has 3 aromatic rings. The fraction of sp³-hybridized carbons (Fsp3) is 0.211. The summed E-state index contributed by atoms with van der Waals surface area (Å²) >= 11 is 0. The zero-order valence-corrected chi connectivity index (χ0v) is 12.9. The van der Waals surface area contributed by atoms with Gasteiger partial charge in [-0.3, -0.25) is 9.36 Å². The van der Waals surface area contributed by atoms with E-state index >= 15 is 0 Å². The molecule has 0 amide bonds. The highest BCUT2D eigenvalue weighted by Crippen LogP contribution is 2.24. The van der Waals surface area contributed by atoms with Gasteiger partial charge in [-0.25, -0.2) is 0 Å². The van der Waals surface area contributed by atoms with Crippen molar-refractivity contribution in [2.24, 2.45) is 0 Å². The van der Waals surface area contributed by atoms with Crippen LogP contribution in [0.15, 0.2) is 47.3 Å². The Bertz CT molecular complexity index is 880. The summed E-state index contributed by atoms with van der Waals surface area (Å²) in [6.45, 7) is 8.20. The molecule has 1 aromatic heterocycles. The third-order valence-corrected chi connectivity index (χ3v) is 3.99. The number of aryl methyl sites for hydroxylation is 4. The molecule has 1 heterocycles. The van der Waals surface area contributed by atoms with E-state index in [0.717, 1.165) is 33.3 Å². The lowest BCUT2D eigenvalue weighted by molar-refractivity contribution is 1.00. The van der Waals surface area contributed by atoms with E-state index in [0.29, 0.717) is 0 Å². The van der Waals surface area contributed by atoms with Crippen LogP contribution >= 0.6 is 0 Å². The maximum absolute atomic E-state index is 12.6. The SMILES string of the molecule is Cc1cc(C)c(-n2c(=O)cc(C)c3ccccc32)c(C)c1. The average molecular weight is 277 g/mol. The number of hydrogen-bond acceptors (Lipinski definition) is 1. The Hall–Kier alpha value is -2.35. The Morgan fingerprint density at radius 1 is 0.810 bits per heavy atom. The van der Waals surface area contributed by atoms with E-state index in [-0.39, 0.29) is 5.56 Å². The summed E-state index contributed by atoms with van der Waals surface area (Å²) in [5.74, 6) is 0. The molecule has 0 atom stereocenters. The molecular weight excluding hydrogens is 258 g/mol. The van der Waals surface area contributed by atoms with Crippen LogP contribution in [-0.2, 0) is 0 Å². The fourth-order valence-electron chi connectivity index (χ4n) is 3.20. The van der Waals surface area contributed by atoms with Crippen molar-refractivity contribution in [3.8, 4) is 5.69 Å². The summed E-state index contributed by atoms with van der Waals surface area (Å²) in [4.78, 5) is 12.6. The number of benzene rings is 2. The maximum atomic E-state index is 12.6. The molecular formula is C19H19NO. The van der Waals surface area contributed by atoms with Crippen LogP contribution in [0, 0.1) is 27.7 Å². The smallest absolute Gasteiger partial charge is 0.255 e. The van der Waals surface area contributed by atoms with Crippen molar-refractivity contribution in [1.29, 1.82) is 0 Å². The summed E-state index contributed by atoms with van der Waals surface area (Å²) in [6, 6.07) is 14.1. The summed E-state index contributed by atoms with van der Waals surface area (Å²) < 4.78 is 1.84. The van der Waals surface area contributed by atoms with Crippen molar-refractivity contribution in [2.45, 2.75) is 27.7 Å². The highest BCUT2D eigenvalue weighted by atomic mass is 16.1. The first-order valence-electron chi connectivity index (χ1n) is 7.18. The minimum atomic E-state index is 0.0289. The van der Waals surface area contributed by atoms with E-state index < -0.39 is 0 Å². The minimum absolute atomic E-state index is 0.0289. The monoisotopic (exact) mass is 277 g/mol. The molecule has 2 aromatic carbocycles. The Kier molecular flexibility index (Phi) is 3.17. The second-order valence-corrected chi connectivity index (χ2v) is 5.77. The number of pyridine rings is 1. The molecule has 0 N–H and O–H groups in total. The van der Waals surface area contributed by atoms with Crippen molar-refractivity contribution in [2.75, 3.05) is 0 Å². The van der Waals surface area contributed by atoms with Gasteiger partial charge in [0.15, 0.2) is 0 Å². The Labute approximate surface area is 124 Å². The van der Waals surface area contributed by atoms with E-state index in [1.165, 1.54) is 5.56 Å². The van der Waals surface area contributed by atoms with Crippen molar-refractivity contribution >= 4 is 10.9 Å². The molecule has 0 aliphatic heterocycles. The minimum Gasteiger partial charge on any atom is -0.276 e. The lowest BCUT2D eigenvalue weighted by Gasteiger charge is -2.17. The lowest BCUT2D eigenvalue weighted by atomic mass is 10.0. The number of hydrogen-bond donors (Lipinski definition) is 0. The van der Waals surface area contributed by atoms with Crippen molar-refractivity contribution in [1.82, 2.24) is 4.57 Å². The second kappa shape index (κ2) is 4.88. The van der Waals surface area contributed by atoms with Gasteiger partial charge >= 0.3 is 0 Å². The van der Waals surface area contributed by atoms with Gasteiger partial charge in [-0.15, -0.1) is 0 Å². The number of fused-ring (bicyclic) bond motifs is 1. The van der Waals surface area contributed by atoms with Gasteiger partial charge < -0.3 is 0 Å². The average Bonchev–Trinajstić information content (AvgIpc) is 2.41. The molecule has 3 rings (SSSR count). The van der Waals surface area contributed by atoms with Crippen molar-refractivity contribution < 1.29 is 0 Å². The van der Waals surface area contributed by atoms with E-state index in [4.69, 9.17) is 0 Å². The molecule has 0 bridgehead atoms. The van der Waals surface area contributed by atoms with Crippen LogP contribution in [-0.4, -0.2) is 4.57 Å². The van der Waals surface area contributed by atoms with Gasteiger partial charge in [0.1, 0.15) is 0 Å². The predicted octanol–water partition coefficient (Wildman–Crippen LogP) is 4.22. The van der Waals surface area contributed by atoms with Gasteiger partial charge in [0, 0.05) is 11.5 Å². The molecule has 2 nitrogen and oxygen atoms in total. The van der Waals surface area contributed by atoms with Crippen LogP contribution in [0.2, 0.25) is 0 Å². The van der Waals surface area contributed by atoms with Crippen LogP contribution in [0.5, 0.6) is 0 Å². The first-order chi connectivity index (χ1) is 9.99. The summed E-state index contributed by atoms with van der Waals surface area (Å²) in [5.41, 5.74) is 6.50. The summed E-state index contributed by atoms with van der Waals surface area (Å²) in [7, 11) is 0. The van der Waals surface area contributed by atoms with Gasteiger partial charge in [-0.05, 0) is 50.5 Å². The molecule has 0 saturated heterocycles. The van der Waals surface area contributed by atoms with E-state index in [2.05, 4.69) is 39.0 Å². The Morgan fingerprint density at radius 2 is 1.43 bits per heavy atom. The van der Waals surface area contributed by atoms with Crippen molar-refractivity contribution in [3.63, 3.8) is 0 Å². The topological polar surface area (TPSA) is 22.0 Å².